The van der Waals surface area contributed by atoms with Crippen LogP contribution < -0.4 is 35.4 Å². The lowest BCUT2D eigenvalue weighted by Crippen LogP contribution is -2.32. The molecule has 0 atom stereocenters. The van der Waals surface area contributed by atoms with Gasteiger partial charge in [0.2, 0.25) is 0 Å². The predicted molar refractivity (Wildman–Crippen MR) is 228 cm³/mol. The van der Waals surface area contributed by atoms with Gasteiger partial charge in [0.05, 0.1) is 39.8 Å². The predicted octanol–water partition coefficient (Wildman–Crippen LogP) is 7.20. The van der Waals surface area contributed by atoms with Gasteiger partial charge < -0.3 is 29.2 Å². The minimum absolute atomic E-state index is 0.0763. The normalized spacial score (nSPS) is 17.4. The summed E-state index contributed by atoms with van der Waals surface area (Å²) in [5.41, 5.74) is 6.46. The summed E-state index contributed by atoms with van der Waals surface area (Å²) in [6, 6.07) is 23.0. The molecule has 1 aliphatic heterocycles. The number of benzene rings is 2. The molecule has 2 aromatic carbocycles. The van der Waals surface area contributed by atoms with E-state index in [9.17, 15) is 9.59 Å². The Hall–Kier alpha value is -5.72. The summed E-state index contributed by atoms with van der Waals surface area (Å²) in [4.78, 5) is 37.6. The van der Waals surface area contributed by atoms with Crippen LogP contribution in [0.5, 0.6) is 23.0 Å². The van der Waals surface area contributed by atoms with Crippen molar-refractivity contribution in [3.8, 4) is 45.5 Å². The van der Waals surface area contributed by atoms with Crippen LogP contribution in [0.4, 0.5) is 0 Å². The topological polar surface area (TPSA) is 121 Å². The lowest BCUT2D eigenvalue weighted by molar-refractivity contribution is 0.222. The number of ether oxygens (including phenoxy) is 4. The molecule has 0 radical (unpaired) electrons. The van der Waals surface area contributed by atoms with Crippen molar-refractivity contribution < 1.29 is 18.9 Å². The molecule has 58 heavy (non-hydrogen) atoms. The molecule has 1 aliphatic carbocycles. The summed E-state index contributed by atoms with van der Waals surface area (Å²) in [7, 11) is 8.41. The molecule has 0 unspecified atom stereocenters. The molecule has 6 aromatic rings. The van der Waals surface area contributed by atoms with Crippen molar-refractivity contribution >= 4 is 11.3 Å². The van der Waals surface area contributed by atoms with Crippen LogP contribution in [-0.2, 0) is 0 Å². The Balaban J connectivity index is 0.000000177. The Kier molecular flexibility index (Phi) is 12.7. The average molecular weight is 787 g/mol. The first-order valence-corrected chi connectivity index (χ1v) is 20.2. The average Bonchev–Trinajstić information content (AvgIpc) is 3.28. The highest BCUT2D eigenvalue weighted by molar-refractivity contribution is 5.67. The van der Waals surface area contributed by atoms with Gasteiger partial charge in [-0.05, 0) is 137 Å². The molecule has 2 aliphatic rings. The molecular formula is C46H54N6O6. The summed E-state index contributed by atoms with van der Waals surface area (Å²) in [6.45, 7) is 5.54. The van der Waals surface area contributed by atoms with Gasteiger partial charge in [-0.3, -0.25) is 18.4 Å². The van der Waals surface area contributed by atoms with E-state index in [1.807, 2.05) is 68.0 Å². The molecule has 0 spiro atoms. The van der Waals surface area contributed by atoms with Crippen LogP contribution in [0.2, 0.25) is 0 Å². The van der Waals surface area contributed by atoms with Crippen LogP contribution in [0, 0.1) is 0 Å². The van der Waals surface area contributed by atoms with E-state index in [0.29, 0.717) is 63.6 Å². The number of nitrogens with one attached hydrogen (secondary N) is 1. The van der Waals surface area contributed by atoms with Gasteiger partial charge in [0, 0.05) is 41.7 Å². The van der Waals surface area contributed by atoms with Crippen molar-refractivity contribution in [1.82, 2.24) is 29.0 Å². The third-order valence-corrected chi connectivity index (χ3v) is 11.8. The van der Waals surface area contributed by atoms with Crippen molar-refractivity contribution in [2.75, 3.05) is 55.1 Å². The zero-order valence-electron chi connectivity index (χ0n) is 34.4. The Bertz CT molecular complexity index is 2310. The quantitative estimate of drug-likeness (QED) is 0.153. The van der Waals surface area contributed by atoms with E-state index in [0.717, 1.165) is 56.4 Å². The lowest BCUT2D eigenvalue weighted by atomic mass is 9.82. The highest BCUT2D eigenvalue weighted by Gasteiger charge is 2.23. The van der Waals surface area contributed by atoms with Gasteiger partial charge in [-0.1, -0.05) is 19.1 Å². The number of pyridine rings is 2. The molecule has 1 saturated carbocycles. The maximum Gasteiger partial charge on any atom is 0.258 e. The second kappa shape index (κ2) is 18.3. The van der Waals surface area contributed by atoms with E-state index in [4.69, 9.17) is 28.9 Å². The Morgan fingerprint density at radius 2 is 1.03 bits per heavy atom. The number of likely N-dealkylation sites (tertiary alicyclic amines) is 1. The fourth-order valence-corrected chi connectivity index (χ4v) is 8.31. The fraction of sp³-hybridized carbons (Fsp3) is 0.391. The van der Waals surface area contributed by atoms with E-state index in [1.54, 1.807) is 49.4 Å². The largest absolute Gasteiger partial charge is 0.493 e. The number of rotatable bonds is 10. The first-order chi connectivity index (χ1) is 28.2. The SMILES string of the molecule is CCN1CCC(c2ccc3nc(-c4ccc(OC)c(OC)c4)cc(=O)n3c2)CC1.CNC1CCC(c2ccc3nc(-c4ccc(OC)c(OC)c4)cc(=O)n3c2)CC1. The molecule has 1 saturated heterocycles. The molecule has 8 rings (SSSR count). The molecule has 0 amide bonds. The number of fused-ring (bicyclic) bond motifs is 2. The Labute approximate surface area is 339 Å². The van der Waals surface area contributed by atoms with Gasteiger partial charge in [0.15, 0.2) is 23.0 Å². The fourth-order valence-electron chi connectivity index (χ4n) is 8.31. The van der Waals surface area contributed by atoms with Crippen molar-refractivity contribution in [2.24, 2.45) is 0 Å². The second-order valence-corrected chi connectivity index (χ2v) is 15.0. The zero-order valence-corrected chi connectivity index (χ0v) is 34.4. The number of nitrogens with zero attached hydrogens (tertiary/aromatic N) is 5. The number of hydrogen-bond acceptors (Lipinski definition) is 10. The summed E-state index contributed by atoms with van der Waals surface area (Å²) >= 11 is 0. The van der Waals surface area contributed by atoms with Gasteiger partial charge in [-0.25, -0.2) is 9.97 Å². The van der Waals surface area contributed by atoms with Gasteiger partial charge in [0.1, 0.15) is 11.3 Å². The minimum atomic E-state index is -0.0782. The van der Waals surface area contributed by atoms with Gasteiger partial charge in [-0.2, -0.15) is 0 Å². The first kappa shape index (κ1) is 40.5. The third kappa shape index (κ3) is 8.73. The van der Waals surface area contributed by atoms with Crippen LogP contribution in [0.1, 0.15) is 68.4 Å². The maximum absolute atomic E-state index is 12.8. The van der Waals surface area contributed by atoms with Crippen LogP contribution in [0.3, 0.4) is 0 Å². The molecule has 2 fully saturated rings. The molecular weight excluding hydrogens is 733 g/mol. The van der Waals surface area contributed by atoms with E-state index in [-0.39, 0.29) is 11.1 Å². The molecule has 4 aromatic heterocycles. The van der Waals surface area contributed by atoms with E-state index < -0.39 is 0 Å². The van der Waals surface area contributed by atoms with E-state index >= 15 is 0 Å². The zero-order chi connectivity index (χ0) is 40.8. The smallest absolute Gasteiger partial charge is 0.258 e. The number of hydrogen-bond donors (Lipinski definition) is 1. The van der Waals surface area contributed by atoms with Gasteiger partial charge >= 0.3 is 0 Å². The molecule has 1 N–H and O–H groups in total. The highest BCUT2D eigenvalue weighted by Crippen LogP contribution is 2.35. The molecule has 304 valence electrons. The summed E-state index contributed by atoms with van der Waals surface area (Å²) in [6.07, 6.45) is 10.8. The van der Waals surface area contributed by atoms with Crippen LogP contribution >= 0.6 is 0 Å². The molecule has 12 heteroatoms. The van der Waals surface area contributed by atoms with Gasteiger partial charge in [0.25, 0.3) is 11.1 Å². The lowest BCUT2D eigenvalue weighted by Gasteiger charge is -2.31. The highest BCUT2D eigenvalue weighted by atomic mass is 16.5. The maximum atomic E-state index is 12.8. The minimum Gasteiger partial charge on any atom is -0.493 e. The van der Waals surface area contributed by atoms with Crippen molar-refractivity contribution in [1.29, 1.82) is 0 Å². The van der Waals surface area contributed by atoms with Gasteiger partial charge in [-0.15, -0.1) is 0 Å². The van der Waals surface area contributed by atoms with Crippen LogP contribution in [0.25, 0.3) is 33.8 Å². The molecule has 5 heterocycles. The third-order valence-electron chi connectivity index (χ3n) is 11.8. The molecule has 12 nitrogen and oxygen atoms in total. The van der Waals surface area contributed by atoms with Crippen molar-refractivity contribution in [2.45, 2.75) is 63.3 Å². The summed E-state index contributed by atoms with van der Waals surface area (Å²) < 4.78 is 24.6. The first-order valence-electron chi connectivity index (χ1n) is 20.2. The number of methoxy groups -OCH3 is 4. The monoisotopic (exact) mass is 786 g/mol. The van der Waals surface area contributed by atoms with E-state index in [1.165, 1.54) is 24.0 Å². The number of aromatic nitrogens is 4. The Morgan fingerprint density at radius 3 is 1.45 bits per heavy atom. The van der Waals surface area contributed by atoms with Crippen LogP contribution in [0.15, 0.2) is 94.8 Å². The summed E-state index contributed by atoms with van der Waals surface area (Å²) in [5.74, 6) is 3.51. The summed E-state index contributed by atoms with van der Waals surface area (Å²) in [5, 5.41) is 3.37. The standard InChI is InChI=1S/2C23H27N3O3/c1-24-18-8-4-15(5-9-18)17-7-11-22-25-19(13-23(27)26(22)14-17)16-6-10-20(28-2)21(12-16)29-3;1-4-25-11-9-16(10-12-25)18-6-8-22-24-19(14-23(27)26(22)15-18)17-5-7-20(28-2)21(13-17)29-3/h6-7,10-15,18,24H,4-5,8-9H2,1-3H3;5-8,13-16H,4,9-12H2,1-3H3. The second-order valence-electron chi connectivity index (χ2n) is 15.0. The van der Waals surface area contributed by atoms with Crippen molar-refractivity contribution in [3.63, 3.8) is 0 Å². The van der Waals surface area contributed by atoms with Crippen LogP contribution in [-0.4, -0.2) is 84.8 Å². The Morgan fingerprint density at radius 1 is 0.586 bits per heavy atom. The number of piperidine rings is 1. The molecule has 0 bridgehead atoms. The van der Waals surface area contributed by atoms with E-state index in [2.05, 4.69) is 29.3 Å². The van der Waals surface area contributed by atoms with Crippen molar-refractivity contribution in [3.05, 3.63) is 117 Å².